The van der Waals surface area contributed by atoms with Crippen LogP contribution in [0.4, 0.5) is 26.3 Å². The van der Waals surface area contributed by atoms with E-state index < -0.39 is 36.2 Å². The first-order valence-electron chi connectivity index (χ1n) is 5.60. The Morgan fingerprint density at radius 2 is 1.76 bits per heavy atom. The number of carboxylic acid groups (broad SMARTS) is 1. The van der Waals surface area contributed by atoms with E-state index >= 15 is 0 Å². The number of aryl methyl sites for hydroxylation is 1. The van der Waals surface area contributed by atoms with Gasteiger partial charge in [0.2, 0.25) is 0 Å². The maximum atomic E-state index is 12.8. The lowest BCUT2D eigenvalue weighted by atomic mass is 10.1. The van der Waals surface area contributed by atoms with Crippen molar-refractivity contribution in [1.29, 1.82) is 0 Å². The Hall–Kier alpha value is -1.93. The van der Waals surface area contributed by atoms with Gasteiger partial charge in [-0.05, 0) is 24.1 Å². The van der Waals surface area contributed by atoms with Gasteiger partial charge in [-0.15, -0.1) is 0 Å². The third-order valence-corrected chi connectivity index (χ3v) is 2.37. The van der Waals surface area contributed by atoms with E-state index in [0.29, 0.717) is 6.07 Å². The Bertz CT molecular complexity index is 507. The van der Waals surface area contributed by atoms with Gasteiger partial charge in [-0.25, -0.2) is 0 Å². The standard InChI is InChI=1S/C12H10F6O3/c13-11(14,15)6-21-9-3-1-7(2-4-10(19)20)5-8(9)12(16,17)18/h1,3,5H,2,4,6H2,(H,19,20). The number of aliphatic carboxylic acids is 1. The smallest absolute Gasteiger partial charge is 0.422 e. The summed E-state index contributed by atoms with van der Waals surface area (Å²) < 4.78 is 78.4. The topological polar surface area (TPSA) is 46.5 Å². The van der Waals surface area contributed by atoms with Gasteiger partial charge in [-0.1, -0.05) is 6.07 Å². The maximum Gasteiger partial charge on any atom is 0.422 e. The van der Waals surface area contributed by atoms with Gasteiger partial charge >= 0.3 is 18.3 Å². The van der Waals surface area contributed by atoms with Crippen molar-refractivity contribution in [3.05, 3.63) is 29.3 Å². The summed E-state index contributed by atoms with van der Waals surface area (Å²) in [6.07, 6.45) is -10.2. The molecule has 9 heteroatoms. The van der Waals surface area contributed by atoms with Crippen LogP contribution in [0.1, 0.15) is 17.5 Å². The summed E-state index contributed by atoms with van der Waals surface area (Å²) in [6.45, 7) is -1.84. The summed E-state index contributed by atoms with van der Waals surface area (Å²) in [4.78, 5) is 10.4. The van der Waals surface area contributed by atoms with Gasteiger partial charge in [0.1, 0.15) is 5.75 Å². The van der Waals surface area contributed by atoms with Crippen molar-refractivity contribution in [1.82, 2.24) is 0 Å². The molecule has 1 N–H and O–H groups in total. The van der Waals surface area contributed by atoms with Crippen LogP contribution < -0.4 is 4.74 Å². The third kappa shape index (κ3) is 5.92. The van der Waals surface area contributed by atoms with Crippen LogP contribution in [-0.2, 0) is 17.4 Å². The molecule has 0 aliphatic heterocycles. The van der Waals surface area contributed by atoms with Crippen LogP contribution in [0.5, 0.6) is 5.75 Å². The van der Waals surface area contributed by atoms with Crippen LogP contribution in [0.3, 0.4) is 0 Å². The van der Waals surface area contributed by atoms with E-state index in [1.165, 1.54) is 0 Å². The first kappa shape index (κ1) is 17.1. The number of hydrogen-bond donors (Lipinski definition) is 1. The van der Waals surface area contributed by atoms with Crippen molar-refractivity contribution in [2.75, 3.05) is 6.61 Å². The van der Waals surface area contributed by atoms with E-state index in [1.54, 1.807) is 0 Å². The van der Waals surface area contributed by atoms with Crippen molar-refractivity contribution in [2.45, 2.75) is 25.2 Å². The highest BCUT2D eigenvalue weighted by Gasteiger charge is 2.36. The van der Waals surface area contributed by atoms with Crippen LogP contribution in [-0.4, -0.2) is 23.9 Å². The van der Waals surface area contributed by atoms with Crippen LogP contribution in [0.2, 0.25) is 0 Å². The van der Waals surface area contributed by atoms with E-state index in [0.717, 1.165) is 12.1 Å². The second-order valence-electron chi connectivity index (χ2n) is 4.13. The quantitative estimate of drug-likeness (QED) is 0.843. The number of carboxylic acids is 1. The first-order chi connectivity index (χ1) is 9.49. The van der Waals surface area contributed by atoms with Crippen LogP contribution >= 0.6 is 0 Å². The summed E-state index contributed by atoms with van der Waals surface area (Å²) >= 11 is 0. The Labute approximate surface area is 115 Å². The maximum absolute atomic E-state index is 12.8. The number of ether oxygens (including phenoxy) is 1. The Morgan fingerprint density at radius 3 is 2.24 bits per heavy atom. The largest absolute Gasteiger partial charge is 0.483 e. The zero-order chi connectivity index (χ0) is 16.3. The highest BCUT2D eigenvalue weighted by molar-refractivity contribution is 5.67. The fourth-order valence-electron chi connectivity index (χ4n) is 1.49. The minimum Gasteiger partial charge on any atom is -0.483 e. The second kappa shape index (κ2) is 6.23. The van der Waals surface area contributed by atoms with Crippen molar-refractivity contribution in [3.63, 3.8) is 0 Å². The minimum atomic E-state index is -4.90. The first-order valence-corrected chi connectivity index (χ1v) is 5.60. The lowest BCUT2D eigenvalue weighted by molar-refractivity contribution is -0.158. The molecule has 1 aromatic carbocycles. The molecule has 0 bridgehead atoms. The van der Waals surface area contributed by atoms with Crippen LogP contribution in [0.25, 0.3) is 0 Å². The zero-order valence-corrected chi connectivity index (χ0v) is 10.4. The number of halogens is 6. The third-order valence-electron chi connectivity index (χ3n) is 2.37. The van der Waals surface area contributed by atoms with E-state index in [9.17, 15) is 31.1 Å². The van der Waals surface area contributed by atoms with E-state index in [4.69, 9.17) is 5.11 Å². The Balaban J connectivity index is 3.00. The summed E-state index contributed by atoms with van der Waals surface area (Å²) in [5, 5.41) is 8.46. The van der Waals surface area contributed by atoms with Gasteiger partial charge in [-0.2, -0.15) is 26.3 Å². The minimum absolute atomic E-state index is 0.0454. The van der Waals surface area contributed by atoms with Crippen molar-refractivity contribution < 1.29 is 41.0 Å². The highest BCUT2D eigenvalue weighted by atomic mass is 19.4. The molecule has 0 aliphatic rings. The van der Waals surface area contributed by atoms with Crippen molar-refractivity contribution in [2.24, 2.45) is 0 Å². The second-order valence-corrected chi connectivity index (χ2v) is 4.13. The molecule has 1 rings (SSSR count). The Morgan fingerprint density at radius 1 is 1.14 bits per heavy atom. The van der Waals surface area contributed by atoms with Gasteiger partial charge < -0.3 is 9.84 Å². The number of benzene rings is 1. The molecule has 21 heavy (non-hydrogen) atoms. The molecule has 0 atom stereocenters. The van der Waals surface area contributed by atoms with Gasteiger partial charge in [0.25, 0.3) is 0 Å². The molecule has 0 spiro atoms. The molecule has 0 unspecified atom stereocenters. The molecule has 0 radical (unpaired) electrons. The number of rotatable bonds is 5. The average molecular weight is 316 g/mol. The predicted octanol–water partition coefficient (Wildman–Crippen LogP) is 3.66. The molecule has 0 heterocycles. The van der Waals surface area contributed by atoms with Crippen molar-refractivity contribution >= 4 is 5.97 Å². The summed E-state index contributed by atoms with van der Waals surface area (Å²) in [6, 6.07) is 2.45. The molecule has 3 nitrogen and oxygen atoms in total. The summed E-state index contributed by atoms with van der Waals surface area (Å²) in [5.41, 5.74) is -1.32. The van der Waals surface area contributed by atoms with E-state index in [-0.39, 0.29) is 18.4 Å². The molecular formula is C12H10F6O3. The number of hydrogen-bond acceptors (Lipinski definition) is 2. The molecule has 0 amide bonds. The molecule has 1 aromatic rings. The Kier molecular flexibility index (Phi) is 5.08. The molecule has 0 aliphatic carbocycles. The molecular weight excluding hydrogens is 306 g/mol. The highest BCUT2D eigenvalue weighted by Crippen LogP contribution is 2.37. The molecule has 0 saturated heterocycles. The molecule has 0 fully saturated rings. The average Bonchev–Trinajstić information content (AvgIpc) is 2.32. The SMILES string of the molecule is O=C(O)CCc1ccc(OCC(F)(F)F)c(C(F)(F)F)c1. The summed E-state index contributed by atoms with van der Waals surface area (Å²) in [7, 11) is 0. The normalized spacial score (nSPS) is 12.3. The van der Waals surface area contributed by atoms with Gasteiger partial charge in [-0.3, -0.25) is 4.79 Å². The van der Waals surface area contributed by atoms with E-state index in [2.05, 4.69) is 4.74 Å². The molecule has 0 saturated carbocycles. The monoisotopic (exact) mass is 316 g/mol. The van der Waals surface area contributed by atoms with Crippen molar-refractivity contribution in [3.8, 4) is 5.75 Å². The van der Waals surface area contributed by atoms with Crippen LogP contribution in [0, 0.1) is 0 Å². The predicted molar refractivity (Wildman–Crippen MR) is 59.0 cm³/mol. The van der Waals surface area contributed by atoms with E-state index in [1.807, 2.05) is 0 Å². The number of alkyl halides is 6. The van der Waals surface area contributed by atoms with Gasteiger partial charge in [0.05, 0.1) is 5.56 Å². The van der Waals surface area contributed by atoms with Crippen LogP contribution in [0.15, 0.2) is 18.2 Å². The lowest BCUT2D eigenvalue weighted by Gasteiger charge is -2.16. The number of carbonyl (C=O) groups is 1. The van der Waals surface area contributed by atoms with Gasteiger partial charge in [0.15, 0.2) is 6.61 Å². The van der Waals surface area contributed by atoms with Gasteiger partial charge in [0, 0.05) is 6.42 Å². The molecule has 0 aromatic heterocycles. The summed E-state index contributed by atoms with van der Waals surface area (Å²) in [5.74, 6) is -2.14. The fraction of sp³-hybridized carbons (Fsp3) is 0.417. The fourth-order valence-corrected chi connectivity index (χ4v) is 1.49. The zero-order valence-electron chi connectivity index (χ0n) is 10.4. The lowest BCUT2D eigenvalue weighted by Crippen LogP contribution is -2.21. The molecule has 118 valence electrons.